The summed E-state index contributed by atoms with van der Waals surface area (Å²) >= 11 is 0. The number of hydrogen-bond donors (Lipinski definition) is 2. The van der Waals surface area contributed by atoms with Gasteiger partial charge in [-0.05, 0) is 35.9 Å². The highest BCUT2D eigenvalue weighted by Crippen LogP contribution is 2.18. The minimum Gasteiger partial charge on any atom is -0.478 e. The molecule has 2 aromatic carbocycles. The minimum absolute atomic E-state index is 0.0189. The fraction of sp³-hybridized carbons (Fsp3) is 0.0714. The van der Waals surface area contributed by atoms with E-state index in [1.807, 2.05) is 0 Å². The maximum absolute atomic E-state index is 13.5. The van der Waals surface area contributed by atoms with Gasteiger partial charge in [-0.3, -0.25) is 0 Å². The maximum Gasteiger partial charge on any atom is 0.335 e. The monoisotopic (exact) mass is 281 g/mol. The van der Waals surface area contributed by atoms with E-state index in [0.29, 0.717) is 5.56 Å². The molecule has 0 heterocycles. The molecule has 20 heavy (non-hydrogen) atoms. The number of anilines is 1. The van der Waals surface area contributed by atoms with Crippen molar-refractivity contribution < 1.29 is 23.1 Å². The third kappa shape index (κ3) is 3.09. The molecule has 2 rings (SSSR count). The Morgan fingerprint density at radius 2 is 1.70 bits per heavy atom. The first-order valence-electron chi connectivity index (χ1n) is 5.68. The molecule has 0 unspecified atom stereocenters. The third-order valence-electron chi connectivity index (χ3n) is 2.68. The zero-order chi connectivity index (χ0) is 14.7. The Morgan fingerprint density at radius 3 is 2.35 bits per heavy atom. The highest BCUT2D eigenvalue weighted by atomic mass is 19.2. The Balaban J connectivity index is 2.15. The average molecular weight is 281 g/mol. The normalized spacial score (nSPS) is 10.3. The molecular weight excluding hydrogens is 271 g/mol. The molecule has 0 spiro atoms. The predicted octanol–water partition coefficient (Wildman–Crippen LogP) is 3.41. The van der Waals surface area contributed by atoms with E-state index in [9.17, 15) is 18.0 Å². The van der Waals surface area contributed by atoms with Crippen LogP contribution in [-0.2, 0) is 6.54 Å². The van der Waals surface area contributed by atoms with Crippen molar-refractivity contribution >= 4 is 11.7 Å². The Labute approximate surface area is 112 Å². The second kappa shape index (κ2) is 5.64. The molecule has 6 heteroatoms. The van der Waals surface area contributed by atoms with Crippen molar-refractivity contribution in [1.29, 1.82) is 0 Å². The molecule has 0 atom stereocenters. The van der Waals surface area contributed by atoms with Gasteiger partial charge in [0.25, 0.3) is 0 Å². The van der Waals surface area contributed by atoms with Gasteiger partial charge >= 0.3 is 5.97 Å². The van der Waals surface area contributed by atoms with Gasteiger partial charge in [0.15, 0.2) is 11.6 Å². The van der Waals surface area contributed by atoms with Crippen molar-refractivity contribution in [3.63, 3.8) is 0 Å². The predicted molar refractivity (Wildman–Crippen MR) is 67.0 cm³/mol. The summed E-state index contributed by atoms with van der Waals surface area (Å²) in [5.41, 5.74) is 0.317. The first-order chi connectivity index (χ1) is 9.47. The highest BCUT2D eigenvalue weighted by molar-refractivity contribution is 5.88. The summed E-state index contributed by atoms with van der Waals surface area (Å²) in [7, 11) is 0. The number of benzene rings is 2. The van der Waals surface area contributed by atoms with E-state index in [-0.39, 0.29) is 17.8 Å². The Hall–Kier alpha value is -2.50. The molecular formula is C14H10F3NO2. The number of carbonyl (C=O) groups is 1. The van der Waals surface area contributed by atoms with E-state index >= 15 is 0 Å². The van der Waals surface area contributed by atoms with Crippen LogP contribution in [0.15, 0.2) is 36.4 Å². The van der Waals surface area contributed by atoms with Gasteiger partial charge in [-0.25, -0.2) is 18.0 Å². The summed E-state index contributed by atoms with van der Waals surface area (Å²) < 4.78 is 39.2. The molecule has 0 bridgehead atoms. The lowest BCUT2D eigenvalue weighted by Crippen LogP contribution is -2.04. The molecule has 0 saturated carbocycles. The number of carboxylic acids is 1. The Morgan fingerprint density at radius 1 is 1.00 bits per heavy atom. The fourth-order valence-electron chi connectivity index (χ4n) is 1.64. The zero-order valence-electron chi connectivity index (χ0n) is 10.2. The largest absolute Gasteiger partial charge is 0.478 e. The number of halogens is 3. The van der Waals surface area contributed by atoms with Crippen LogP contribution in [0.25, 0.3) is 0 Å². The topological polar surface area (TPSA) is 49.3 Å². The van der Waals surface area contributed by atoms with Gasteiger partial charge in [-0.1, -0.05) is 6.07 Å². The van der Waals surface area contributed by atoms with Gasteiger partial charge in [0.1, 0.15) is 5.82 Å². The lowest BCUT2D eigenvalue weighted by Gasteiger charge is -2.09. The molecule has 2 N–H and O–H groups in total. The molecule has 3 nitrogen and oxygen atoms in total. The summed E-state index contributed by atoms with van der Waals surface area (Å²) in [5, 5.41) is 11.5. The molecule has 0 amide bonds. The van der Waals surface area contributed by atoms with E-state index in [1.54, 1.807) is 0 Å². The van der Waals surface area contributed by atoms with E-state index in [1.165, 1.54) is 6.07 Å². The van der Waals surface area contributed by atoms with Gasteiger partial charge in [0.2, 0.25) is 0 Å². The minimum atomic E-state index is -1.18. The molecule has 0 aliphatic rings. The smallest absolute Gasteiger partial charge is 0.335 e. The van der Waals surface area contributed by atoms with Crippen LogP contribution in [-0.4, -0.2) is 11.1 Å². The van der Waals surface area contributed by atoms with E-state index in [2.05, 4.69) is 5.32 Å². The number of nitrogens with one attached hydrogen (secondary N) is 1. The van der Waals surface area contributed by atoms with Crippen LogP contribution in [0.1, 0.15) is 15.9 Å². The van der Waals surface area contributed by atoms with Gasteiger partial charge in [-0.15, -0.1) is 0 Å². The number of rotatable bonds is 4. The van der Waals surface area contributed by atoms with Crippen molar-refractivity contribution in [2.45, 2.75) is 6.54 Å². The molecule has 0 saturated heterocycles. The molecule has 0 radical (unpaired) electrons. The Bertz CT molecular complexity index is 659. The quantitative estimate of drug-likeness (QED) is 0.902. The van der Waals surface area contributed by atoms with Gasteiger partial charge < -0.3 is 10.4 Å². The van der Waals surface area contributed by atoms with Crippen molar-refractivity contribution in [2.24, 2.45) is 0 Å². The highest BCUT2D eigenvalue weighted by Gasteiger charge is 2.09. The molecule has 0 aliphatic heterocycles. The van der Waals surface area contributed by atoms with E-state index in [0.717, 1.165) is 30.3 Å². The van der Waals surface area contributed by atoms with Crippen molar-refractivity contribution in [3.8, 4) is 0 Å². The first kappa shape index (κ1) is 13.9. The second-order valence-electron chi connectivity index (χ2n) is 4.10. The van der Waals surface area contributed by atoms with Crippen LogP contribution >= 0.6 is 0 Å². The summed E-state index contributed by atoms with van der Waals surface area (Å²) in [6.07, 6.45) is 0. The molecule has 104 valence electrons. The van der Waals surface area contributed by atoms with Gasteiger partial charge in [0.05, 0.1) is 11.3 Å². The van der Waals surface area contributed by atoms with Gasteiger partial charge in [-0.2, -0.15) is 0 Å². The lowest BCUT2D eigenvalue weighted by molar-refractivity contribution is 0.0697. The van der Waals surface area contributed by atoms with Crippen LogP contribution < -0.4 is 5.32 Å². The Kier molecular flexibility index (Phi) is 3.93. The van der Waals surface area contributed by atoms with Crippen LogP contribution in [0.2, 0.25) is 0 Å². The molecule has 0 fully saturated rings. The van der Waals surface area contributed by atoms with Crippen LogP contribution in [0.4, 0.5) is 18.9 Å². The van der Waals surface area contributed by atoms with Crippen molar-refractivity contribution in [2.75, 3.05) is 5.32 Å². The zero-order valence-corrected chi connectivity index (χ0v) is 10.2. The molecule has 0 aliphatic carbocycles. The van der Waals surface area contributed by atoms with Crippen molar-refractivity contribution in [1.82, 2.24) is 0 Å². The van der Waals surface area contributed by atoms with E-state index < -0.39 is 23.4 Å². The van der Waals surface area contributed by atoms with Crippen LogP contribution in [0.3, 0.4) is 0 Å². The summed E-state index contributed by atoms with van der Waals surface area (Å²) in [6.45, 7) is 0.0389. The fourth-order valence-corrected chi connectivity index (χ4v) is 1.64. The number of hydrogen-bond acceptors (Lipinski definition) is 2. The van der Waals surface area contributed by atoms with Gasteiger partial charge in [0, 0.05) is 6.54 Å². The lowest BCUT2D eigenvalue weighted by atomic mass is 10.1. The number of aromatic carboxylic acids is 1. The molecule has 2 aromatic rings. The third-order valence-corrected chi connectivity index (χ3v) is 2.68. The summed E-state index contributed by atoms with van der Waals surface area (Å²) in [6, 6.07) is 6.61. The standard InChI is InChI=1S/C14H10F3NO2/c15-10-3-1-8(5-12(10)17)7-18-13-6-9(14(19)20)2-4-11(13)16/h1-6,18H,7H2,(H,19,20). The summed E-state index contributed by atoms with van der Waals surface area (Å²) in [4.78, 5) is 10.8. The average Bonchev–Trinajstić information content (AvgIpc) is 2.41. The van der Waals surface area contributed by atoms with Crippen molar-refractivity contribution in [3.05, 3.63) is 65.0 Å². The summed E-state index contributed by atoms with van der Waals surface area (Å²) in [5.74, 6) is -3.77. The maximum atomic E-state index is 13.5. The SMILES string of the molecule is O=C(O)c1ccc(F)c(NCc2ccc(F)c(F)c2)c1. The first-order valence-corrected chi connectivity index (χ1v) is 5.68. The number of carboxylic acid groups (broad SMARTS) is 1. The van der Waals surface area contributed by atoms with E-state index in [4.69, 9.17) is 5.11 Å². The second-order valence-corrected chi connectivity index (χ2v) is 4.10. The molecule has 0 aromatic heterocycles. The van der Waals surface area contributed by atoms with Crippen LogP contribution in [0.5, 0.6) is 0 Å². The van der Waals surface area contributed by atoms with Crippen LogP contribution in [0, 0.1) is 17.5 Å².